The van der Waals surface area contributed by atoms with E-state index in [1.165, 1.54) is 12.3 Å². The Morgan fingerprint density at radius 2 is 2.31 bits per heavy atom. The van der Waals surface area contributed by atoms with E-state index in [-0.39, 0.29) is 13.0 Å². The maximum Gasteiger partial charge on any atom is 0.330 e. The van der Waals surface area contributed by atoms with Crippen LogP contribution in [0, 0.1) is 0 Å². The van der Waals surface area contributed by atoms with Crippen molar-refractivity contribution in [2.45, 2.75) is 24.9 Å². The van der Waals surface area contributed by atoms with Gasteiger partial charge in [-0.1, -0.05) is 0 Å². The molecular weight excluding hydrogens is 216 g/mol. The van der Waals surface area contributed by atoms with Crippen LogP contribution in [0.25, 0.3) is 0 Å². The molecule has 0 unspecified atom stereocenters. The number of rotatable bonds is 2. The number of hydrogen-bond acceptors (Lipinski definition) is 5. The molecule has 1 aromatic heterocycles. The highest BCUT2D eigenvalue weighted by atomic mass is 16.5. The quantitative estimate of drug-likeness (QED) is 0.552. The summed E-state index contributed by atoms with van der Waals surface area (Å²) in [7, 11) is 0. The van der Waals surface area contributed by atoms with E-state index in [0.717, 1.165) is 4.57 Å². The molecule has 1 saturated heterocycles. The highest BCUT2D eigenvalue weighted by Crippen LogP contribution is 2.26. The molecule has 1 aromatic rings. The van der Waals surface area contributed by atoms with Gasteiger partial charge in [0.1, 0.15) is 6.10 Å². The maximum absolute atomic E-state index is 11.4. The molecule has 0 aliphatic carbocycles. The van der Waals surface area contributed by atoms with Crippen molar-refractivity contribution < 1.29 is 14.9 Å². The number of aromatic amines is 1. The van der Waals surface area contributed by atoms with Gasteiger partial charge in [0.25, 0.3) is 5.56 Å². The van der Waals surface area contributed by atoms with Gasteiger partial charge in [0.2, 0.25) is 0 Å². The highest BCUT2D eigenvalue weighted by Gasteiger charge is 2.35. The SMILES string of the molecule is O=c1ccn([C@@H]2O[C@H](CO)C[C@@H]2O)c(=O)[nH]1. The molecule has 3 atom stereocenters. The average molecular weight is 228 g/mol. The van der Waals surface area contributed by atoms with Crippen LogP contribution in [0.5, 0.6) is 0 Å². The van der Waals surface area contributed by atoms with E-state index >= 15 is 0 Å². The van der Waals surface area contributed by atoms with Crippen molar-refractivity contribution in [2.24, 2.45) is 0 Å². The topological polar surface area (TPSA) is 105 Å². The van der Waals surface area contributed by atoms with Gasteiger partial charge in [-0.3, -0.25) is 14.3 Å². The van der Waals surface area contributed by atoms with Crippen molar-refractivity contribution >= 4 is 0 Å². The third kappa shape index (κ3) is 1.92. The minimum absolute atomic E-state index is 0.217. The lowest BCUT2D eigenvalue weighted by molar-refractivity contribution is -0.0530. The van der Waals surface area contributed by atoms with E-state index in [9.17, 15) is 14.7 Å². The van der Waals surface area contributed by atoms with Crippen molar-refractivity contribution in [3.63, 3.8) is 0 Å². The molecule has 0 radical (unpaired) electrons. The number of ether oxygens (including phenoxy) is 1. The zero-order valence-corrected chi connectivity index (χ0v) is 8.37. The number of H-pyrrole nitrogens is 1. The number of aliphatic hydroxyl groups excluding tert-OH is 2. The van der Waals surface area contributed by atoms with Crippen LogP contribution >= 0.6 is 0 Å². The zero-order valence-electron chi connectivity index (χ0n) is 8.37. The van der Waals surface area contributed by atoms with Gasteiger partial charge >= 0.3 is 5.69 Å². The fraction of sp³-hybridized carbons (Fsp3) is 0.556. The van der Waals surface area contributed by atoms with Crippen LogP contribution in [0.2, 0.25) is 0 Å². The van der Waals surface area contributed by atoms with E-state index in [4.69, 9.17) is 9.84 Å². The summed E-state index contributed by atoms with van der Waals surface area (Å²) in [6.07, 6.45) is -0.706. The number of aliphatic hydroxyl groups is 2. The van der Waals surface area contributed by atoms with Crippen LogP contribution in [0.4, 0.5) is 0 Å². The summed E-state index contributed by atoms with van der Waals surface area (Å²) in [5, 5.41) is 18.5. The zero-order chi connectivity index (χ0) is 11.7. The van der Waals surface area contributed by atoms with Gasteiger partial charge in [-0.05, 0) is 0 Å². The minimum Gasteiger partial charge on any atom is -0.394 e. The lowest BCUT2D eigenvalue weighted by atomic mass is 10.2. The van der Waals surface area contributed by atoms with Crippen molar-refractivity contribution in [3.05, 3.63) is 33.1 Å². The Morgan fingerprint density at radius 3 is 2.88 bits per heavy atom. The Labute approximate surface area is 89.9 Å². The molecule has 16 heavy (non-hydrogen) atoms. The Bertz CT molecular complexity index is 479. The third-order valence-corrected chi connectivity index (χ3v) is 2.49. The van der Waals surface area contributed by atoms with Crippen LogP contribution < -0.4 is 11.2 Å². The van der Waals surface area contributed by atoms with E-state index in [0.29, 0.717) is 0 Å². The summed E-state index contributed by atoms with van der Waals surface area (Å²) in [4.78, 5) is 24.3. The molecule has 1 fully saturated rings. The molecule has 1 aliphatic rings. The fourth-order valence-electron chi connectivity index (χ4n) is 1.73. The summed E-state index contributed by atoms with van der Waals surface area (Å²) in [6, 6.07) is 1.17. The van der Waals surface area contributed by atoms with Crippen LogP contribution in [-0.4, -0.2) is 38.6 Å². The Hall–Kier alpha value is -1.44. The van der Waals surface area contributed by atoms with Gasteiger partial charge in [-0.25, -0.2) is 4.79 Å². The van der Waals surface area contributed by atoms with E-state index in [1.807, 2.05) is 0 Å². The van der Waals surface area contributed by atoms with Gasteiger partial charge in [-0.15, -0.1) is 0 Å². The van der Waals surface area contributed by atoms with Crippen molar-refractivity contribution in [3.8, 4) is 0 Å². The average Bonchev–Trinajstić information content (AvgIpc) is 2.60. The smallest absolute Gasteiger partial charge is 0.330 e. The summed E-state index contributed by atoms with van der Waals surface area (Å²) < 4.78 is 6.37. The summed E-state index contributed by atoms with van der Waals surface area (Å²) in [5.74, 6) is 0. The molecule has 2 heterocycles. The molecule has 0 saturated carbocycles. The Morgan fingerprint density at radius 1 is 1.56 bits per heavy atom. The van der Waals surface area contributed by atoms with Gasteiger partial charge in [0.15, 0.2) is 6.23 Å². The maximum atomic E-state index is 11.4. The monoisotopic (exact) mass is 228 g/mol. The molecule has 3 N–H and O–H groups in total. The standard InChI is InChI=1S/C9H12N2O5/c12-4-5-3-6(13)8(16-5)11-2-1-7(14)10-9(11)15/h1-2,5-6,8,12-13H,3-4H2,(H,10,14,15)/t5-,6-,8+/m0/s1. The first kappa shape index (κ1) is 11.1. The molecule has 2 rings (SSSR count). The number of hydrogen-bond donors (Lipinski definition) is 3. The van der Waals surface area contributed by atoms with Crippen molar-refractivity contribution in [1.29, 1.82) is 0 Å². The third-order valence-electron chi connectivity index (χ3n) is 2.49. The minimum atomic E-state index is -0.874. The predicted molar refractivity (Wildman–Crippen MR) is 52.9 cm³/mol. The lowest BCUT2D eigenvalue weighted by Gasteiger charge is -2.16. The molecule has 7 heteroatoms. The number of nitrogens with zero attached hydrogens (tertiary/aromatic N) is 1. The first-order chi connectivity index (χ1) is 7.61. The molecule has 0 amide bonds. The van der Waals surface area contributed by atoms with Crippen molar-refractivity contribution in [1.82, 2.24) is 9.55 Å². The summed E-state index contributed by atoms with van der Waals surface area (Å²) in [6.45, 7) is -0.217. The van der Waals surface area contributed by atoms with Gasteiger partial charge < -0.3 is 14.9 Å². The van der Waals surface area contributed by atoms with Crippen molar-refractivity contribution in [2.75, 3.05) is 6.61 Å². The number of nitrogens with one attached hydrogen (secondary N) is 1. The highest BCUT2D eigenvalue weighted by molar-refractivity contribution is 4.88. The lowest BCUT2D eigenvalue weighted by Crippen LogP contribution is -2.34. The van der Waals surface area contributed by atoms with Crippen LogP contribution in [0.3, 0.4) is 0 Å². The first-order valence-corrected chi connectivity index (χ1v) is 4.87. The second kappa shape index (κ2) is 4.20. The molecular formula is C9H12N2O5. The first-order valence-electron chi connectivity index (χ1n) is 4.87. The fourth-order valence-corrected chi connectivity index (χ4v) is 1.73. The molecule has 1 aliphatic heterocycles. The molecule has 7 nitrogen and oxygen atoms in total. The normalized spacial score (nSPS) is 29.5. The number of aromatic nitrogens is 2. The molecule has 88 valence electrons. The summed E-state index contributed by atoms with van der Waals surface area (Å²) in [5.41, 5.74) is -1.15. The van der Waals surface area contributed by atoms with Crippen LogP contribution in [0.15, 0.2) is 21.9 Å². The molecule has 0 spiro atoms. The largest absolute Gasteiger partial charge is 0.394 e. The molecule has 0 aromatic carbocycles. The van der Waals surface area contributed by atoms with Crippen LogP contribution in [-0.2, 0) is 4.74 Å². The Balaban J connectivity index is 2.31. The van der Waals surface area contributed by atoms with Gasteiger partial charge in [0.05, 0.1) is 12.7 Å². The summed E-state index contributed by atoms with van der Waals surface area (Å²) >= 11 is 0. The van der Waals surface area contributed by atoms with Crippen LogP contribution in [0.1, 0.15) is 12.6 Å². The van der Waals surface area contributed by atoms with Gasteiger partial charge in [0, 0.05) is 18.7 Å². The van der Waals surface area contributed by atoms with E-state index in [1.54, 1.807) is 0 Å². The van der Waals surface area contributed by atoms with Gasteiger partial charge in [-0.2, -0.15) is 0 Å². The van der Waals surface area contributed by atoms with E-state index in [2.05, 4.69) is 4.98 Å². The second-order valence-corrected chi connectivity index (χ2v) is 3.65. The predicted octanol–water partition coefficient (Wildman–Crippen LogP) is -1.82. The second-order valence-electron chi connectivity index (χ2n) is 3.65. The van der Waals surface area contributed by atoms with E-state index < -0.39 is 29.7 Å². The Kier molecular flexibility index (Phi) is 2.90. The molecule has 0 bridgehead atoms.